The van der Waals surface area contributed by atoms with Gasteiger partial charge in [0.25, 0.3) is 0 Å². The van der Waals surface area contributed by atoms with Crippen LogP contribution in [0.2, 0.25) is 0 Å². The predicted molar refractivity (Wildman–Crippen MR) is 110 cm³/mol. The lowest BCUT2D eigenvalue weighted by atomic mass is 10.0. The minimum absolute atomic E-state index is 0.0315. The van der Waals surface area contributed by atoms with E-state index in [9.17, 15) is 26.7 Å². The number of aryl methyl sites for hydroxylation is 1. The summed E-state index contributed by atoms with van der Waals surface area (Å²) in [6, 6.07) is 12.1. The molecule has 0 spiro atoms. The van der Waals surface area contributed by atoms with E-state index in [1.165, 1.54) is 18.2 Å². The van der Waals surface area contributed by atoms with E-state index >= 15 is 0 Å². The number of benzene rings is 3. The van der Waals surface area contributed by atoms with Gasteiger partial charge in [-0.25, -0.2) is 22.0 Å². The molecule has 0 atom stereocenters. The Kier molecular flexibility index (Phi) is 6.00. The molecule has 0 aliphatic carbocycles. The molecule has 0 aromatic heterocycles. The van der Waals surface area contributed by atoms with Gasteiger partial charge in [0.05, 0.1) is 11.1 Å². The van der Waals surface area contributed by atoms with Crippen LogP contribution in [0.25, 0.3) is 6.08 Å². The smallest absolute Gasteiger partial charge is 0.232 e. The molecule has 1 heterocycles. The summed E-state index contributed by atoms with van der Waals surface area (Å²) in [6.45, 7) is 0.689. The van der Waals surface area contributed by atoms with Crippen LogP contribution in [0.5, 0.6) is 11.5 Å². The number of rotatable bonds is 5. The van der Waals surface area contributed by atoms with Crippen molar-refractivity contribution in [1.82, 2.24) is 0 Å². The van der Waals surface area contributed by atoms with E-state index in [1.54, 1.807) is 19.1 Å². The summed E-state index contributed by atoms with van der Waals surface area (Å²) in [6.07, 6.45) is 4.95. The molecule has 0 fully saturated rings. The number of carbonyl (C=O) groups is 1. The summed E-state index contributed by atoms with van der Waals surface area (Å²) in [5, 5.41) is 0. The van der Waals surface area contributed by atoms with Crippen molar-refractivity contribution in [2.24, 2.45) is 0 Å². The first-order valence-corrected chi connectivity index (χ1v) is 9.71. The molecule has 0 amide bonds. The monoisotopic (exact) mass is 458 g/mol. The largest absolute Gasteiger partial charge is 0.489 e. The standard InChI is InChI=1S/C25H15F5O3/c1-13-10-15(32-12-16-20(26)22(28)24(30)23(29)21(16)27)11-18-19(13)25(31)17(33-18)9-5-8-14-6-3-2-4-7-14/h2-11H,12H2,1H3/b8-5+,17-9-. The highest BCUT2D eigenvalue weighted by atomic mass is 19.2. The van der Waals surface area contributed by atoms with Gasteiger partial charge in [0.15, 0.2) is 29.0 Å². The van der Waals surface area contributed by atoms with Crippen molar-refractivity contribution in [3.8, 4) is 11.5 Å². The summed E-state index contributed by atoms with van der Waals surface area (Å²) in [7, 11) is 0. The maximum atomic E-state index is 13.9. The van der Waals surface area contributed by atoms with Crippen LogP contribution in [-0.2, 0) is 6.61 Å². The Balaban J connectivity index is 1.55. The second kappa shape index (κ2) is 8.90. The molecule has 168 valence electrons. The van der Waals surface area contributed by atoms with Crippen molar-refractivity contribution in [2.45, 2.75) is 13.5 Å². The average Bonchev–Trinajstić information content (AvgIpc) is 3.12. The third kappa shape index (κ3) is 4.24. The zero-order valence-corrected chi connectivity index (χ0v) is 17.1. The molecule has 3 nitrogen and oxygen atoms in total. The van der Waals surface area contributed by atoms with Gasteiger partial charge in [0, 0.05) is 6.07 Å². The van der Waals surface area contributed by atoms with E-state index in [1.807, 2.05) is 30.3 Å². The minimum Gasteiger partial charge on any atom is -0.489 e. The topological polar surface area (TPSA) is 35.5 Å². The van der Waals surface area contributed by atoms with Gasteiger partial charge in [-0.15, -0.1) is 0 Å². The number of halogens is 5. The molecular formula is C25H15F5O3. The number of Topliss-reactive ketones (excluding diaryl/α,β-unsaturated/α-hetero) is 1. The Morgan fingerprint density at radius 1 is 0.909 bits per heavy atom. The first kappa shape index (κ1) is 22.3. The lowest BCUT2D eigenvalue weighted by Crippen LogP contribution is -2.10. The normalized spacial score (nSPS) is 14.1. The van der Waals surface area contributed by atoms with Crippen molar-refractivity contribution >= 4 is 11.9 Å². The van der Waals surface area contributed by atoms with Gasteiger partial charge in [-0.2, -0.15) is 0 Å². The fourth-order valence-corrected chi connectivity index (χ4v) is 3.32. The highest BCUT2D eigenvalue weighted by molar-refractivity contribution is 6.13. The van der Waals surface area contributed by atoms with Crippen LogP contribution in [-0.4, -0.2) is 5.78 Å². The molecule has 33 heavy (non-hydrogen) atoms. The van der Waals surface area contributed by atoms with Crippen LogP contribution in [0.15, 0.2) is 60.4 Å². The van der Waals surface area contributed by atoms with Crippen LogP contribution < -0.4 is 9.47 Å². The molecule has 1 aliphatic heterocycles. The maximum Gasteiger partial charge on any atom is 0.232 e. The molecule has 3 aromatic rings. The summed E-state index contributed by atoms with van der Waals surface area (Å²) in [4.78, 5) is 12.7. The van der Waals surface area contributed by atoms with Gasteiger partial charge >= 0.3 is 0 Å². The van der Waals surface area contributed by atoms with E-state index < -0.39 is 41.3 Å². The van der Waals surface area contributed by atoms with E-state index in [4.69, 9.17) is 9.47 Å². The van der Waals surface area contributed by atoms with Crippen molar-refractivity contribution in [2.75, 3.05) is 0 Å². The van der Waals surface area contributed by atoms with Crippen LogP contribution in [0.1, 0.15) is 27.0 Å². The molecule has 0 N–H and O–H groups in total. The Labute approximate surface area is 185 Å². The fraction of sp³-hybridized carbons (Fsp3) is 0.0800. The number of hydrogen-bond acceptors (Lipinski definition) is 3. The second-order valence-corrected chi connectivity index (χ2v) is 7.18. The Bertz CT molecular complexity index is 1280. The third-order valence-corrected chi connectivity index (χ3v) is 4.96. The molecule has 4 rings (SSSR count). The van der Waals surface area contributed by atoms with E-state index in [0.29, 0.717) is 5.56 Å². The Hall–Kier alpha value is -3.94. The molecule has 0 unspecified atom stereocenters. The zero-order valence-electron chi connectivity index (χ0n) is 17.1. The van der Waals surface area contributed by atoms with Crippen LogP contribution in [0, 0.1) is 36.0 Å². The molecule has 0 saturated carbocycles. The lowest BCUT2D eigenvalue weighted by molar-refractivity contribution is 0.101. The maximum absolute atomic E-state index is 13.9. The van der Waals surface area contributed by atoms with Gasteiger partial charge in [-0.1, -0.05) is 42.5 Å². The molecule has 0 bridgehead atoms. The molecule has 3 aromatic carbocycles. The Morgan fingerprint density at radius 3 is 2.21 bits per heavy atom. The first-order valence-electron chi connectivity index (χ1n) is 9.71. The van der Waals surface area contributed by atoms with Gasteiger partial charge in [0.1, 0.15) is 18.1 Å². The fourth-order valence-electron chi connectivity index (χ4n) is 3.32. The van der Waals surface area contributed by atoms with Gasteiger partial charge in [0.2, 0.25) is 11.6 Å². The molecule has 0 radical (unpaired) electrons. The van der Waals surface area contributed by atoms with Gasteiger partial charge in [-0.3, -0.25) is 4.79 Å². The van der Waals surface area contributed by atoms with Gasteiger partial charge in [-0.05, 0) is 30.2 Å². The summed E-state index contributed by atoms with van der Waals surface area (Å²) in [5.74, 6) is -10.4. The number of ether oxygens (including phenoxy) is 2. The van der Waals surface area contributed by atoms with Crippen molar-refractivity contribution < 1.29 is 36.2 Å². The Morgan fingerprint density at radius 2 is 1.55 bits per heavy atom. The van der Waals surface area contributed by atoms with Crippen LogP contribution >= 0.6 is 0 Å². The second-order valence-electron chi connectivity index (χ2n) is 7.18. The number of carbonyl (C=O) groups excluding carboxylic acids is 1. The molecule has 1 aliphatic rings. The zero-order chi connectivity index (χ0) is 23.7. The highest BCUT2D eigenvalue weighted by Crippen LogP contribution is 2.37. The van der Waals surface area contributed by atoms with Crippen molar-refractivity contribution in [3.63, 3.8) is 0 Å². The summed E-state index contributed by atoms with van der Waals surface area (Å²) < 4.78 is 78.5. The minimum atomic E-state index is -2.24. The summed E-state index contributed by atoms with van der Waals surface area (Å²) in [5.41, 5.74) is 0.573. The number of fused-ring (bicyclic) bond motifs is 1. The van der Waals surface area contributed by atoms with Gasteiger partial charge < -0.3 is 9.47 Å². The van der Waals surface area contributed by atoms with E-state index in [2.05, 4.69) is 0 Å². The predicted octanol–water partition coefficient (Wildman–Crippen LogP) is 6.44. The van der Waals surface area contributed by atoms with Crippen LogP contribution in [0.4, 0.5) is 22.0 Å². The number of ketones is 1. The molecule has 0 saturated heterocycles. The number of hydrogen-bond donors (Lipinski definition) is 0. The first-order chi connectivity index (χ1) is 15.8. The quantitative estimate of drug-likeness (QED) is 0.191. The highest BCUT2D eigenvalue weighted by Gasteiger charge is 2.30. The SMILES string of the molecule is Cc1cc(OCc2c(F)c(F)c(F)c(F)c2F)cc2c1C(=O)/C(=C/C=C/c1ccccc1)O2. The number of allylic oxidation sites excluding steroid dienone is 3. The lowest BCUT2D eigenvalue weighted by Gasteiger charge is -2.11. The summed E-state index contributed by atoms with van der Waals surface area (Å²) >= 11 is 0. The van der Waals surface area contributed by atoms with Crippen molar-refractivity contribution in [1.29, 1.82) is 0 Å². The van der Waals surface area contributed by atoms with Crippen molar-refractivity contribution in [3.05, 3.63) is 112 Å². The van der Waals surface area contributed by atoms with Crippen LogP contribution in [0.3, 0.4) is 0 Å². The molecular weight excluding hydrogens is 443 g/mol. The van der Waals surface area contributed by atoms with E-state index in [0.717, 1.165) is 5.56 Å². The third-order valence-electron chi connectivity index (χ3n) is 4.96. The average molecular weight is 458 g/mol. The van der Waals surface area contributed by atoms with E-state index in [-0.39, 0.29) is 28.6 Å². The molecule has 8 heteroatoms.